The molecule has 0 bridgehead atoms. The normalized spacial score (nSPS) is 10.8. The average molecular weight is 353 g/mol. The summed E-state index contributed by atoms with van der Waals surface area (Å²) in [6.45, 7) is 7.46. The number of hydrogen-bond acceptors (Lipinski definition) is 2. The number of benzene rings is 1. The number of likely N-dealkylation sites (N-methyl/N-ethyl adjacent to an activating group) is 1. The predicted octanol–water partition coefficient (Wildman–Crippen LogP) is 4.02. The molecule has 1 N–H and O–H groups in total. The molecular weight excluding hydrogens is 331 g/mol. The van der Waals surface area contributed by atoms with Crippen molar-refractivity contribution < 1.29 is 9.18 Å². The molecule has 2 amide bonds. The van der Waals surface area contributed by atoms with E-state index in [0.29, 0.717) is 12.2 Å². The van der Waals surface area contributed by atoms with E-state index in [4.69, 9.17) is 11.6 Å². The van der Waals surface area contributed by atoms with E-state index >= 15 is 0 Å². The van der Waals surface area contributed by atoms with Crippen molar-refractivity contribution >= 4 is 23.3 Å². The molecule has 0 radical (unpaired) electrons. The number of rotatable bonds is 5. The van der Waals surface area contributed by atoms with Crippen LogP contribution in [-0.2, 0) is 13.0 Å². The number of amides is 2. The summed E-state index contributed by atoms with van der Waals surface area (Å²) >= 11 is 5.72. The molecule has 2 aromatic rings. The van der Waals surface area contributed by atoms with Gasteiger partial charge in [-0.2, -0.15) is 5.10 Å². The first-order valence-corrected chi connectivity index (χ1v) is 8.21. The van der Waals surface area contributed by atoms with Crippen molar-refractivity contribution in [3.05, 3.63) is 46.0 Å². The van der Waals surface area contributed by atoms with Crippen LogP contribution in [0.4, 0.5) is 14.9 Å². The Hall–Kier alpha value is -2.08. The van der Waals surface area contributed by atoms with Crippen LogP contribution in [0.25, 0.3) is 0 Å². The fraction of sp³-hybridized carbons (Fsp3) is 0.412. The van der Waals surface area contributed by atoms with Gasteiger partial charge in [0.1, 0.15) is 5.82 Å². The van der Waals surface area contributed by atoms with Crippen LogP contribution >= 0.6 is 11.6 Å². The zero-order valence-electron chi connectivity index (χ0n) is 14.4. The molecule has 0 unspecified atom stereocenters. The molecule has 24 heavy (non-hydrogen) atoms. The first-order valence-electron chi connectivity index (χ1n) is 7.83. The maximum atomic E-state index is 13.1. The number of nitrogens with zero attached hydrogens (tertiary/aromatic N) is 3. The number of carbonyl (C=O) groups is 1. The van der Waals surface area contributed by atoms with E-state index < -0.39 is 5.82 Å². The number of halogens is 2. The third-order valence-corrected chi connectivity index (χ3v) is 4.34. The quantitative estimate of drug-likeness (QED) is 0.883. The maximum Gasteiger partial charge on any atom is 0.321 e. The number of urea groups is 1. The van der Waals surface area contributed by atoms with Gasteiger partial charge >= 0.3 is 6.03 Å². The maximum absolute atomic E-state index is 13.1. The smallest absolute Gasteiger partial charge is 0.321 e. The third kappa shape index (κ3) is 4.06. The number of nitrogens with one attached hydrogen (secondary N) is 1. The van der Waals surface area contributed by atoms with Crippen LogP contribution in [0.2, 0.25) is 5.02 Å². The van der Waals surface area contributed by atoms with Crippen molar-refractivity contribution in [3.8, 4) is 0 Å². The van der Waals surface area contributed by atoms with Gasteiger partial charge < -0.3 is 10.2 Å². The van der Waals surface area contributed by atoms with E-state index in [-0.39, 0.29) is 11.1 Å². The lowest BCUT2D eigenvalue weighted by molar-refractivity contribution is 0.223. The van der Waals surface area contributed by atoms with Crippen LogP contribution in [0.15, 0.2) is 18.2 Å². The van der Waals surface area contributed by atoms with Gasteiger partial charge in [-0.1, -0.05) is 11.6 Å². The first kappa shape index (κ1) is 18.3. The molecule has 2 rings (SSSR count). The third-order valence-electron chi connectivity index (χ3n) is 4.05. The standard InChI is InChI=1S/C17H22ClFN4O/c1-5-23-12(3)14(11(2)21-23)8-9-22(4)17(24)20-13-6-7-16(19)15(18)10-13/h6-7,10H,5,8-9H2,1-4H3,(H,20,24). The summed E-state index contributed by atoms with van der Waals surface area (Å²) in [6.07, 6.45) is 0.728. The van der Waals surface area contributed by atoms with Gasteiger partial charge in [0.25, 0.3) is 0 Å². The molecule has 1 aromatic heterocycles. The zero-order chi connectivity index (χ0) is 17.9. The second kappa shape index (κ2) is 7.66. The Balaban J connectivity index is 1.97. The number of aryl methyl sites for hydroxylation is 2. The topological polar surface area (TPSA) is 50.2 Å². The minimum Gasteiger partial charge on any atom is -0.327 e. The SMILES string of the molecule is CCn1nc(C)c(CCN(C)C(=O)Nc2ccc(F)c(Cl)c2)c1C. The summed E-state index contributed by atoms with van der Waals surface area (Å²) in [5.41, 5.74) is 3.76. The molecular formula is C17H22ClFN4O. The highest BCUT2D eigenvalue weighted by Gasteiger charge is 2.14. The van der Waals surface area contributed by atoms with Gasteiger partial charge in [0.2, 0.25) is 0 Å². The molecule has 0 fully saturated rings. The van der Waals surface area contributed by atoms with Crippen molar-refractivity contribution in [2.45, 2.75) is 33.7 Å². The number of hydrogen-bond donors (Lipinski definition) is 1. The summed E-state index contributed by atoms with van der Waals surface area (Å²) in [4.78, 5) is 13.8. The molecule has 1 aromatic carbocycles. The fourth-order valence-corrected chi connectivity index (χ4v) is 2.76. The zero-order valence-corrected chi connectivity index (χ0v) is 15.1. The fourth-order valence-electron chi connectivity index (χ4n) is 2.58. The summed E-state index contributed by atoms with van der Waals surface area (Å²) in [5.74, 6) is -0.512. The van der Waals surface area contributed by atoms with E-state index in [0.717, 1.165) is 24.4 Å². The lowest BCUT2D eigenvalue weighted by Crippen LogP contribution is -2.33. The van der Waals surface area contributed by atoms with Gasteiger partial charge in [0.05, 0.1) is 10.7 Å². The second-order valence-electron chi connectivity index (χ2n) is 5.70. The van der Waals surface area contributed by atoms with Crippen molar-refractivity contribution in [2.75, 3.05) is 18.9 Å². The minimum absolute atomic E-state index is 0.0197. The van der Waals surface area contributed by atoms with E-state index in [1.165, 1.54) is 23.8 Å². The van der Waals surface area contributed by atoms with Gasteiger partial charge in [-0.15, -0.1) is 0 Å². The highest BCUT2D eigenvalue weighted by Crippen LogP contribution is 2.20. The molecule has 130 valence electrons. The van der Waals surface area contributed by atoms with E-state index in [2.05, 4.69) is 17.3 Å². The number of aromatic nitrogens is 2. The van der Waals surface area contributed by atoms with Crippen LogP contribution in [0.3, 0.4) is 0 Å². The van der Waals surface area contributed by atoms with Gasteiger partial charge in [-0.05, 0) is 51.0 Å². The van der Waals surface area contributed by atoms with E-state index in [9.17, 15) is 9.18 Å². The second-order valence-corrected chi connectivity index (χ2v) is 6.10. The Labute approximate surface area is 146 Å². The lowest BCUT2D eigenvalue weighted by Gasteiger charge is -2.18. The molecule has 0 aliphatic carbocycles. The Morgan fingerprint density at radius 1 is 1.42 bits per heavy atom. The molecule has 0 atom stereocenters. The van der Waals surface area contributed by atoms with Gasteiger partial charge in [0.15, 0.2) is 0 Å². The number of carbonyl (C=O) groups excluding carboxylic acids is 1. The Morgan fingerprint density at radius 2 is 2.12 bits per heavy atom. The summed E-state index contributed by atoms with van der Waals surface area (Å²) in [7, 11) is 1.72. The van der Waals surface area contributed by atoms with Gasteiger partial charge in [-0.25, -0.2) is 9.18 Å². The molecule has 0 aliphatic heterocycles. The van der Waals surface area contributed by atoms with Crippen LogP contribution in [0.5, 0.6) is 0 Å². The lowest BCUT2D eigenvalue weighted by atomic mass is 10.1. The molecule has 0 aliphatic rings. The highest BCUT2D eigenvalue weighted by molar-refractivity contribution is 6.31. The van der Waals surface area contributed by atoms with Gasteiger partial charge in [-0.3, -0.25) is 4.68 Å². The molecule has 0 saturated carbocycles. The van der Waals surface area contributed by atoms with Crippen LogP contribution in [0, 0.1) is 19.7 Å². The van der Waals surface area contributed by atoms with Gasteiger partial charge in [0, 0.05) is 31.5 Å². The Kier molecular flexibility index (Phi) is 5.83. The summed E-state index contributed by atoms with van der Waals surface area (Å²) in [6, 6.07) is 3.83. The van der Waals surface area contributed by atoms with Crippen molar-refractivity contribution in [1.82, 2.24) is 14.7 Å². The van der Waals surface area contributed by atoms with Crippen LogP contribution < -0.4 is 5.32 Å². The van der Waals surface area contributed by atoms with Crippen molar-refractivity contribution in [3.63, 3.8) is 0 Å². The summed E-state index contributed by atoms with van der Waals surface area (Å²) < 4.78 is 15.1. The van der Waals surface area contributed by atoms with E-state index in [1.807, 2.05) is 18.5 Å². The highest BCUT2D eigenvalue weighted by atomic mass is 35.5. The molecule has 0 spiro atoms. The van der Waals surface area contributed by atoms with Crippen LogP contribution in [-0.4, -0.2) is 34.3 Å². The molecule has 1 heterocycles. The minimum atomic E-state index is -0.512. The Morgan fingerprint density at radius 3 is 2.71 bits per heavy atom. The monoisotopic (exact) mass is 352 g/mol. The van der Waals surface area contributed by atoms with Crippen molar-refractivity contribution in [1.29, 1.82) is 0 Å². The average Bonchev–Trinajstić information content (AvgIpc) is 2.82. The largest absolute Gasteiger partial charge is 0.327 e. The van der Waals surface area contributed by atoms with E-state index in [1.54, 1.807) is 11.9 Å². The predicted molar refractivity (Wildman–Crippen MR) is 94.1 cm³/mol. The Bertz CT molecular complexity index is 744. The molecule has 5 nitrogen and oxygen atoms in total. The summed E-state index contributed by atoms with van der Waals surface area (Å²) in [5, 5.41) is 7.17. The first-order chi connectivity index (χ1) is 11.3. The molecule has 7 heteroatoms. The number of anilines is 1. The molecule has 0 saturated heterocycles. The van der Waals surface area contributed by atoms with Crippen LogP contribution in [0.1, 0.15) is 23.9 Å². The van der Waals surface area contributed by atoms with Crippen molar-refractivity contribution in [2.24, 2.45) is 0 Å².